The summed E-state index contributed by atoms with van der Waals surface area (Å²) in [5.41, 5.74) is 5.37. The van der Waals surface area contributed by atoms with Crippen molar-refractivity contribution in [3.8, 4) is 0 Å². The lowest BCUT2D eigenvalue weighted by Gasteiger charge is -2.61. The molecule has 3 saturated carbocycles. The maximum absolute atomic E-state index is 5.13. The molecule has 8 rings (SSSR count). The molecular formula is C42H53N. The molecule has 43 heavy (non-hydrogen) atoms. The van der Waals surface area contributed by atoms with Gasteiger partial charge in [0.1, 0.15) is 0 Å². The molecule has 0 N–H and O–H groups in total. The van der Waals surface area contributed by atoms with E-state index in [4.69, 9.17) is 4.98 Å². The molecule has 1 heteroatoms. The van der Waals surface area contributed by atoms with Gasteiger partial charge in [-0.25, -0.2) is 0 Å². The van der Waals surface area contributed by atoms with Gasteiger partial charge in [-0.3, -0.25) is 4.98 Å². The average molecular weight is 572 g/mol. The normalized spacial score (nSPS) is 34.2. The van der Waals surface area contributed by atoms with Crippen molar-refractivity contribution in [2.24, 2.45) is 52.3 Å². The van der Waals surface area contributed by atoms with Gasteiger partial charge in [0, 0.05) is 11.6 Å². The number of aromatic nitrogens is 1. The Balaban J connectivity index is 1.11. The standard InChI is InChI=1S/C42H53N/c1-26(2)9-8-10-27(3)36-16-17-37-33-15-14-32-23-35-31(24-42(32,5)38(33)19-20-41(36,37)4)25-43-39-18-13-30-21-28-11-6-7-12-29(28)22-34(30)40(35)39/h6-7,11-13,18,21-22,25-27,32-33,36-38H,8-10,14-17,19-20,23-24H2,1-5H3/t27-,32?,33+,36-,37+,38+,41-,42+/m1/s1. The zero-order valence-electron chi connectivity index (χ0n) is 27.5. The van der Waals surface area contributed by atoms with E-state index in [0.717, 1.165) is 41.4 Å². The third-order valence-corrected chi connectivity index (χ3v) is 14.2. The van der Waals surface area contributed by atoms with Crippen molar-refractivity contribution in [3.05, 3.63) is 65.9 Å². The second kappa shape index (κ2) is 10.3. The Kier molecular flexibility index (Phi) is 6.74. The molecule has 4 aliphatic carbocycles. The van der Waals surface area contributed by atoms with E-state index in [9.17, 15) is 0 Å². The SMILES string of the molecule is CC(C)CCC[C@@H](C)[C@H]1CC[C@H]2[C@@H]3CCC4Cc5c(cnc6ccc7cc8ccccc8cc7c56)C[C@]4(C)[C@H]3CC[C@]12C. The van der Waals surface area contributed by atoms with E-state index in [1.807, 2.05) is 0 Å². The zero-order valence-corrected chi connectivity index (χ0v) is 27.5. The van der Waals surface area contributed by atoms with Crippen molar-refractivity contribution in [2.45, 2.75) is 105 Å². The van der Waals surface area contributed by atoms with Gasteiger partial charge in [0.2, 0.25) is 0 Å². The first-order valence-corrected chi connectivity index (χ1v) is 18.0. The summed E-state index contributed by atoms with van der Waals surface area (Å²) in [7, 11) is 0. The highest BCUT2D eigenvalue weighted by atomic mass is 14.7. The highest BCUT2D eigenvalue weighted by molar-refractivity contribution is 6.12. The van der Waals surface area contributed by atoms with Crippen LogP contribution in [0.15, 0.2) is 54.7 Å². The van der Waals surface area contributed by atoms with Crippen molar-refractivity contribution < 1.29 is 0 Å². The van der Waals surface area contributed by atoms with Gasteiger partial charge in [0.25, 0.3) is 0 Å². The molecule has 1 heterocycles. The Hall–Kier alpha value is -2.41. The first kappa shape index (κ1) is 28.1. The Morgan fingerprint density at radius 2 is 1.60 bits per heavy atom. The summed E-state index contributed by atoms with van der Waals surface area (Å²) in [5, 5.41) is 6.90. The fraction of sp³-hybridized carbons (Fsp3) is 0.595. The molecule has 0 spiro atoms. The van der Waals surface area contributed by atoms with Crippen LogP contribution in [0.3, 0.4) is 0 Å². The van der Waals surface area contributed by atoms with Gasteiger partial charge in [0.05, 0.1) is 5.52 Å². The predicted octanol–water partition coefficient (Wildman–Crippen LogP) is 11.6. The number of hydrogen-bond acceptors (Lipinski definition) is 1. The van der Waals surface area contributed by atoms with Gasteiger partial charge in [-0.1, -0.05) is 84.2 Å². The maximum atomic E-state index is 5.13. The molecule has 0 amide bonds. The van der Waals surface area contributed by atoms with Crippen LogP contribution in [0, 0.1) is 52.3 Å². The van der Waals surface area contributed by atoms with E-state index < -0.39 is 0 Å². The summed E-state index contributed by atoms with van der Waals surface area (Å²) in [6, 6.07) is 18.3. The highest BCUT2D eigenvalue weighted by Crippen LogP contribution is 2.68. The Bertz CT molecular complexity index is 1680. The van der Waals surface area contributed by atoms with E-state index >= 15 is 0 Å². The van der Waals surface area contributed by atoms with Gasteiger partial charge in [-0.05, 0) is 154 Å². The molecular weight excluding hydrogens is 518 g/mol. The summed E-state index contributed by atoms with van der Waals surface area (Å²) in [4.78, 5) is 5.13. The third kappa shape index (κ3) is 4.34. The van der Waals surface area contributed by atoms with Crippen LogP contribution in [0.5, 0.6) is 0 Å². The summed E-state index contributed by atoms with van der Waals surface area (Å²) in [6.07, 6.45) is 17.9. The van der Waals surface area contributed by atoms with Crippen LogP contribution in [0.25, 0.3) is 32.4 Å². The van der Waals surface area contributed by atoms with E-state index in [0.29, 0.717) is 10.8 Å². The first-order valence-electron chi connectivity index (χ1n) is 18.0. The molecule has 3 fully saturated rings. The van der Waals surface area contributed by atoms with Crippen LogP contribution in [-0.2, 0) is 12.8 Å². The molecule has 4 aromatic rings. The van der Waals surface area contributed by atoms with Crippen molar-refractivity contribution in [3.63, 3.8) is 0 Å². The predicted molar refractivity (Wildman–Crippen MR) is 183 cm³/mol. The van der Waals surface area contributed by atoms with Gasteiger partial charge in [-0.15, -0.1) is 0 Å². The topological polar surface area (TPSA) is 12.9 Å². The summed E-state index contributed by atoms with van der Waals surface area (Å²) < 4.78 is 0. The minimum Gasteiger partial charge on any atom is -0.256 e. The lowest BCUT2D eigenvalue weighted by molar-refractivity contribution is -0.103. The number of fused-ring (bicyclic) bond motifs is 11. The summed E-state index contributed by atoms with van der Waals surface area (Å²) in [5.74, 6) is 6.27. The molecule has 0 radical (unpaired) electrons. The van der Waals surface area contributed by atoms with Gasteiger partial charge in [-0.2, -0.15) is 0 Å². The number of nitrogens with zero attached hydrogens (tertiary/aromatic N) is 1. The molecule has 8 atom stereocenters. The fourth-order valence-electron chi connectivity index (χ4n) is 12.0. The van der Waals surface area contributed by atoms with E-state index in [1.54, 1.807) is 11.1 Å². The summed E-state index contributed by atoms with van der Waals surface area (Å²) >= 11 is 0. The van der Waals surface area contributed by atoms with Crippen LogP contribution in [0.4, 0.5) is 0 Å². The van der Waals surface area contributed by atoms with Crippen LogP contribution in [0.2, 0.25) is 0 Å². The number of hydrogen-bond donors (Lipinski definition) is 0. The van der Waals surface area contributed by atoms with E-state index in [1.165, 1.54) is 103 Å². The van der Waals surface area contributed by atoms with Crippen LogP contribution < -0.4 is 0 Å². The molecule has 1 aromatic heterocycles. The van der Waals surface area contributed by atoms with Crippen molar-refractivity contribution in [2.75, 3.05) is 0 Å². The zero-order chi connectivity index (χ0) is 29.5. The van der Waals surface area contributed by atoms with Gasteiger partial charge in [0.15, 0.2) is 0 Å². The van der Waals surface area contributed by atoms with Crippen LogP contribution in [-0.4, -0.2) is 4.98 Å². The molecule has 3 aromatic carbocycles. The average Bonchev–Trinajstić information content (AvgIpc) is 3.35. The maximum Gasteiger partial charge on any atom is 0.0711 e. The fourth-order valence-corrected chi connectivity index (χ4v) is 12.0. The van der Waals surface area contributed by atoms with Gasteiger partial charge < -0.3 is 0 Å². The van der Waals surface area contributed by atoms with E-state index in [2.05, 4.69) is 89.3 Å². The van der Waals surface area contributed by atoms with E-state index in [-0.39, 0.29) is 0 Å². The lowest BCUT2D eigenvalue weighted by atomic mass is 9.44. The van der Waals surface area contributed by atoms with Crippen molar-refractivity contribution in [1.82, 2.24) is 4.98 Å². The molecule has 226 valence electrons. The Morgan fingerprint density at radius 3 is 2.42 bits per heavy atom. The monoisotopic (exact) mass is 571 g/mol. The minimum atomic E-state index is 0.421. The second-order valence-electron chi connectivity index (χ2n) is 16.7. The summed E-state index contributed by atoms with van der Waals surface area (Å²) in [6.45, 7) is 12.9. The Labute approximate surface area is 260 Å². The molecule has 0 saturated heterocycles. The number of rotatable bonds is 5. The highest BCUT2D eigenvalue weighted by Gasteiger charge is 2.60. The van der Waals surface area contributed by atoms with Gasteiger partial charge >= 0.3 is 0 Å². The largest absolute Gasteiger partial charge is 0.256 e. The molecule has 1 unspecified atom stereocenters. The lowest BCUT2D eigenvalue weighted by Crippen LogP contribution is -2.54. The molecule has 1 nitrogen and oxygen atoms in total. The van der Waals surface area contributed by atoms with Crippen LogP contribution in [0.1, 0.15) is 104 Å². The van der Waals surface area contributed by atoms with Crippen molar-refractivity contribution in [1.29, 1.82) is 0 Å². The number of pyridine rings is 1. The Morgan fingerprint density at radius 1 is 0.814 bits per heavy atom. The molecule has 4 aliphatic rings. The smallest absolute Gasteiger partial charge is 0.0711 e. The first-order chi connectivity index (χ1) is 20.8. The molecule has 0 bridgehead atoms. The number of benzene rings is 3. The second-order valence-corrected chi connectivity index (χ2v) is 16.7. The third-order valence-electron chi connectivity index (χ3n) is 14.2. The van der Waals surface area contributed by atoms with Crippen molar-refractivity contribution >= 4 is 32.4 Å². The molecule has 0 aliphatic heterocycles. The quantitative estimate of drug-likeness (QED) is 0.171. The minimum absolute atomic E-state index is 0.421. The van der Waals surface area contributed by atoms with Crippen LogP contribution >= 0.6 is 0 Å².